The molecule has 6 heteroatoms. The molecule has 1 heterocycles. The fraction of sp³-hybridized carbons (Fsp3) is 0.0909. The van der Waals surface area contributed by atoms with Gasteiger partial charge in [0.25, 0.3) is 11.8 Å². The van der Waals surface area contributed by atoms with Gasteiger partial charge in [-0.25, -0.2) is 0 Å². The van der Waals surface area contributed by atoms with E-state index in [0.717, 1.165) is 5.56 Å². The number of hydrogen-bond donors (Lipinski definition) is 1. The molecule has 0 aliphatic rings. The van der Waals surface area contributed by atoms with Gasteiger partial charge in [-0.05, 0) is 29.8 Å². The molecule has 0 bridgehead atoms. The number of para-hydroxylation sites is 1. The summed E-state index contributed by atoms with van der Waals surface area (Å²) in [5.74, 6) is -0.694. The van der Waals surface area contributed by atoms with Crippen molar-refractivity contribution in [1.29, 1.82) is 5.26 Å². The molecule has 3 aromatic rings. The maximum Gasteiger partial charge on any atom is 0.272 e. The van der Waals surface area contributed by atoms with E-state index >= 15 is 0 Å². The van der Waals surface area contributed by atoms with Gasteiger partial charge in [-0.1, -0.05) is 42.5 Å². The van der Waals surface area contributed by atoms with Crippen molar-refractivity contribution < 1.29 is 9.59 Å². The highest BCUT2D eigenvalue weighted by Gasteiger charge is 2.16. The van der Waals surface area contributed by atoms with Gasteiger partial charge < -0.3 is 10.2 Å². The average molecular weight is 370 g/mol. The third-order valence-corrected chi connectivity index (χ3v) is 4.15. The van der Waals surface area contributed by atoms with Gasteiger partial charge in [0.1, 0.15) is 11.8 Å². The molecule has 1 aromatic heterocycles. The lowest BCUT2D eigenvalue weighted by molar-refractivity contribution is 0.0779. The number of amides is 2. The molecule has 2 aromatic carbocycles. The zero-order valence-electron chi connectivity index (χ0n) is 15.3. The highest BCUT2D eigenvalue weighted by Crippen LogP contribution is 2.15. The molecule has 0 fully saturated rings. The summed E-state index contributed by atoms with van der Waals surface area (Å²) in [6.45, 7) is 0.438. The molecule has 138 valence electrons. The second-order valence-electron chi connectivity index (χ2n) is 6.19. The third kappa shape index (κ3) is 4.40. The van der Waals surface area contributed by atoms with Crippen molar-refractivity contribution in [2.75, 3.05) is 12.4 Å². The Labute approximate surface area is 163 Å². The number of carbonyl (C=O) groups excluding carboxylic acids is 2. The number of aromatic nitrogens is 1. The van der Waals surface area contributed by atoms with Gasteiger partial charge in [0, 0.05) is 25.4 Å². The Bertz CT molecular complexity index is 1040. The van der Waals surface area contributed by atoms with Crippen LogP contribution >= 0.6 is 0 Å². The summed E-state index contributed by atoms with van der Waals surface area (Å²) in [4.78, 5) is 30.9. The molecule has 6 nitrogen and oxygen atoms in total. The maximum atomic E-state index is 12.7. The molecular formula is C22H18N4O2. The summed E-state index contributed by atoms with van der Waals surface area (Å²) in [5.41, 5.74) is 2.25. The standard InChI is InChI=1S/C22H18N4O2/c1-26(15-16-7-3-2-4-8-16)22(28)20-13-17(11-12-24-20)21(27)25-19-10-6-5-9-18(19)14-23/h2-13H,15H2,1H3,(H,25,27). The summed E-state index contributed by atoms with van der Waals surface area (Å²) >= 11 is 0. The number of nitrogens with one attached hydrogen (secondary N) is 1. The van der Waals surface area contributed by atoms with Crippen LogP contribution in [0, 0.1) is 11.3 Å². The van der Waals surface area contributed by atoms with Crippen LogP contribution < -0.4 is 5.32 Å². The van der Waals surface area contributed by atoms with Crippen LogP contribution in [0.15, 0.2) is 72.9 Å². The second-order valence-corrected chi connectivity index (χ2v) is 6.19. The molecule has 0 unspecified atom stereocenters. The fourth-order valence-corrected chi connectivity index (χ4v) is 2.70. The van der Waals surface area contributed by atoms with Gasteiger partial charge in [0.2, 0.25) is 0 Å². The number of anilines is 1. The molecule has 28 heavy (non-hydrogen) atoms. The van der Waals surface area contributed by atoms with Crippen LogP contribution in [-0.4, -0.2) is 28.7 Å². The lowest BCUT2D eigenvalue weighted by Gasteiger charge is -2.17. The first kappa shape index (κ1) is 18.8. The minimum absolute atomic E-state index is 0.180. The highest BCUT2D eigenvalue weighted by molar-refractivity contribution is 6.06. The number of pyridine rings is 1. The van der Waals surface area contributed by atoms with Gasteiger partial charge in [0.05, 0.1) is 11.3 Å². The Morgan fingerprint density at radius 3 is 2.54 bits per heavy atom. The Kier molecular flexibility index (Phi) is 5.78. The van der Waals surface area contributed by atoms with Crippen molar-refractivity contribution in [3.63, 3.8) is 0 Å². The first-order chi connectivity index (χ1) is 13.6. The van der Waals surface area contributed by atoms with E-state index in [1.165, 1.54) is 18.3 Å². The van der Waals surface area contributed by atoms with Crippen molar-refractivity contribution in [2.24, 2.45) is 0 Å². The van der Waals surface area contributed by atoms with Crippen molar-refractivity contribution >= 4 is 17.5 Å². The van der Waals surface area contributed by atoms with Crippen molar-refractivity contribution in [2.45, 2.75) is 6.54 Å². The van der Waals surface area contributed by atoms with Gasteiger partial charge in [0.15, 0.2) is 0 Å². The summed E-state index contributed by atoms with van der Waals surface area (Å²) in [5, 5.41) is 11.8. The minimum Gasteiger partial charge on any atom is -0.336 e. The molecular weight excluding hydrogens is 352 g/mol. The first-order valence-corrected chi connectivity index (χ1v) is 8.64. The molecule has 1 N–H and O–H groups in total. The van der Waals surface area contributed by atoms with E-state index in [9.17, 15) is 9.59 Å². The summed E-state index contributed by atoms with van der Waals surface area (Å²) < 4.78 is 0. The number of nitrogens with zero attached hydrogens (tertiary/aromatic N) is 3. The smallest absolute Gasteiger partial charge is 0.272 e. The van der Waals surface area contributed by atoms with Crippen LogP contribution in [-0.2, 0) is 6.54 Å². The average Bonchev–Trinajstić information content (AvgIpc) is 2.74. The fourth-order valence-electron chi connectivity index (χ4n) is 2.70. The molecule has 0 spiro atoms. The number of benzene rings is 2. The van der Waals surface area contributed by atoms with E-state index in [-0.39, 0.29) is 11.6 Å². The van der Waals surface area contributed by atoms with E-state index in [0.29, 0.717) is 23.4 Å². The van der Waals surface area contributed by atoms with Crippen molar-refractivity contribution in [3.8, 4) is 6.07 Å². The zero-order chi connectivity index (χ0) is 19.9. The molecule has 0 radical (unpaired) electrons. The minimum atomic E-state index is -0.412. The quantitative estimate of drug-likeness (QED) is 0.745. The normalized spacial score (nSPS) is 10.0. The number of carbonyl (C=O) groups is 2. The highest BCUT2D eigenvalue weighted by atomic mass is 16.2. The molecule has 0 saturated carbocycles. The largest absolute Gasteiger partial charge is 0.336 e. The molecule has 2 amide bonds. The van der Waals surface area contributed by atoms with Crippen LogP contribution in [0.2, 0.25) is 0 Å². The Morgan fingerprint density at radius 2 is 1.79 bits per heavy atom. The van der Waals surface area contributed by atoms with E-state index in [1.54, 1.807) is 36.2 Å². The Morgan fingerprint density at radius 1 is 1.07 bits per heavy atom. The van der Waals surface area contributed by atoms with Gasteiger partial charge >= 0.3 is 0 Å². The van der Waals surface area contributed by atoms with Crippen LogP contribution in [0.5, 0.6) is 0 Å². The molecule has 0 aliphatic heterocycles. The molecule has 0 saturated heterocycles. The van der Waals surface area contributed by atoms with E-state index in [4.69, 9.17) is 5.26 Å². The summed E-state index contributed by atoms with van der Waals surface area (Å²) in [7, 11) is 1.69. The molecule has 3 rings (SSSR count). The van der Waals surface area contributed by atoms with Crippen molar-refractivity contribution in [3.05, 3.63) is 95.3 Å². The Hall–Kier alpha value is -3.98. The van der Waals surface area contributed by atoms with E-state index < -0.39 is 5.91 Å². The maximum absolute atomic E-state index is 12.7. The van der Waals surface area contributed by atoms with E-state index in [1.807, 2.05) is 36.4 Å². The number of nitriles is 1. The first-order valence-electron chi connectivity index (χ1n) is 8.64. The SMILES string of the molecule is CN(Cc1ccccc1)C(=O)c1cc(C(=O)Nc2ccccc2C#N)ccn1. The molecule has 0 aliphatic carbocycles. The zero-order valence-corrected chi connectivity index (χ0v) is 15.3. The van der Waals surface area contributed by atoms with Gasteiger partial charge in [-0.15, -0.1) is 0 Å². The van der Waals surface area contributed by atoms with Crippen LogP contribution in [0.1, 0.15) is 32.0 Å². The summed E-state index contributed by atoms with van der Waals surface area (Å²) in [6.07, 6.45) is 1.43. The van der Waals surface area contributed by atoms with Crippen LogP contribution in [0.25, 0.3) is 0 Å². The molecule has 0 atom stereocenters. The van der Waals surface area contributed by atoms with Gasteiger partial charge in [-0.3, -0.25) is 14.6 Å². The van der Waals surface area contributed by atoms with Crippen molar-refractivity contribution in [1.82, 2.24) is 9.88 Å². The second kappa shape index (κ2) is 8.60. The predicted molar refractivity (Wildman–Crippen MR) is 106 cm³/mol. The van der Waals surface area contributed by atoms with E-state index in [2.05, 4.69) is 10.3 Å². The topological polar surface area (TPSA) is 86.1 Å². The van der Waals surface area contributed by atoms with Crippen LogP contribution in [0.4, 0.5) is 5.69 Å². The third-order valence-electron chi connectivity index (χ3n) is 4.15. The monoisotopic (exact) mass is 370 g/mol. The lowest BCUT2D eigenvalue weighted by atomic mass is 10.1. The Balaban J connectivity index is 1.75. The van der Waals surface area contributed by atoms with Crippen LogP contribution in [0.3, 0.4) is 0 Å². The predicted octanol–water partition coefficient (Wildman–Crippen LogP) is 3.48. The van der Waals surface area contributed by atoms with Gasteiger partial charge in [-0.2, -0.15) is 5.26 Å². The summed E-state index contributed by atoms with van der Waals surface area (Å²) in [6, 6.07) is 21.4. The number of hydrogen-bond acceptors (Lipinski definition) is 4. The number of rotatable bonds is 5. The lowest BCUT2D eigenvalue weighted by Crippen LogP contribution is -2.27.